The minimum absolute atomic E-state index is 0.0436. The van der Waals surface area contributed by atoms with E-state index < -0.39 is 10.0 Å². The fraction of sp³-hybridized carbons (Fsp3) is 0.333. The second kappa shape index (κ2) is 6.87. The molecule has 6 nitrogen and oxygen atoms in total. The minimum Gasteiger partial charge on any atom is -0.359 e. The van der Waals surface area contributed by atoms with Crippen LogP contribution in [0.15, 0.2) is 29.2 Å². The molecule has 1 rings (SSSR count). The number of carbonyl (C=O) groups excluding carboxylic acids is 1. The maximum atomic E-state index is 11.9. The Hall–Kier alpha value is -1.91. The van der Waals surface area contributed by atoms with Crippen molar-refractivity contribution < 1.29 is 13.2 Å². The van der Waals surface area contributed by atoms with E-state index in [4.69, 9.17) is 5.26 Å². The highest BCUT2D eigenvalue weighted by atomic mass is 32.2. The molecule has 0 bridgehead atoms. The topological polar surface area (TPSA) is 99.1 Å². The summed E-state index contributed by atoms with van der Waals surface area (Å²) in [5, 5.41) is 10.9. The van der Waals surface area contributed by atoms with Gasteiger partial charge in [-0.3, -0.25) is 4.79 Å². The van der Waals surface area contributed by atoms with Crippen molar-refractivity contribution in [2.45, 2.75) is 17.7 Å². The number of hydrogen-bond acceptors (Lipinski definition) is 4. The molecule has 0 aliphatic carbocycles. The number of carbonyl (C=O) groups is 1. The summed E-state index contributed by atoms with van der Waals surface area (Å²) < 4.78 is 26.1. The van der Waals surface area contributed by atoms with E-state index >= 15 is 0 Å². The molecule has 1 aromatic rings. The van der Waals surface area contributed by atoms with E-state index in [9.17, 15) is 13.2 Å². The van der Waals surface area contributed by atoms with Crippen molar-refractivity contribution in [3.63, 3.8) is 0 Å². The Morgan fingerprint density at radius 2 is 1.95 bits per heavy atom. The van der Waals surface area contributed by atoms with Crippen LogP contribution < -0.4 is 10.0 Å². The summed E-state index contributed by atoms with van der Waals surface area (Å²) in [5.41, 5.74) is 0.756. The summed E-state index contributed by atoms with van der Waals surface area (Å²) in [6.07, 6.45) is 0.326. The largest absolute Gasteiger partial charge is 0.359 e. The molecule has 0 aliphatic heterocycles. The summed E-state index contributed by atoms with van der Waals surface area (Å²) >= 11 is 0. The van der Waals surface area contributed by atoms with Gasteiger partial charge in [-0.15, -0.1) is 0 Å². The molecule has 7 heteroatoms. The predicted molar refractivity (Wildman–Crippen MR) is 69.6 cm³/mol. The van der Waals surface area contributed by atoms with Crippen LogP contribution >= 0.6 is 0 Å². The SMILES string of the molecule is CNC(=O)CCNS(=O)(=O)c1ccc(CC#N)cc1. The van der Waals surface area contributed by atoms with Crippen molar-refractivity contribution in [1.82, 2.24) is 10.0 Å². The fourth-order valence-corrected chi connectivity index (χ4v) is 2.42. The Morgan fingerprint density at radius 3 is 2.47 bits per heavy atom. The molecule has 1 aromatic carbocycles. The van der Waals surface area contributed by atoms with Gasteiger partial charge >= 0.3 is 0 Å². The molecular formula is C12H15N3O3S. The van der Waals surface area contributed by atoms with E-state index in [1.807, 2.05) is 6.07 Å². The van der Waals surface area contributed by atoms with Crippen molar-refractivity contribution >= 4 is 15.9 Å². The van der Waals surface area contributed by atoms with Gasteiger partial charge in [0.1, 0.15) is 0 Å². The molecule has 0 fully saturated rings. The lowest BCUT2D eigenvalue weighted by Gasteiger charge is -2.06. The van der Waals surface area contributed by atoms with Crippen LogP contribution in [0.4, 0.5) is 0 Å². The Labute approximate surface area is 112 Å². The van der Waals surface area contributed by atoms with E-state index in [2.05, 4.69) is 10.0 Å². The highest BCUT2D eigenvalue weighted by Crippen LogP contribution is 2.10. The fourth-order valence-electron chi connectivity index (χ4n) is 1.39. The van der Waals surface area contributed by atoms with Gasteiger partial charge in [-0.1, -0.05) is 12.1 Å². The van der Waals surface area contributed by atoms with Gasteiger partial charge in [0, 0.05) is 20.0 Å². The lowest BCUT2D eigenvalue weighted by molar-refractivity contribution is -0.120. The Bertz CT molecular complexity index is 573. The lowest BCUT2D eigenvalue weighted by Crippen LogP contribution is -2.29. The molecule has 2 N–H and O–H groups in total. The van der Waals surface area contributed by atoms with Crippen LogP contribution in [-0.2, 0) is 21.2 Å². The zero-order valence-corrected chi connectivity index (χ0v) is 11.3. The number of sulfonamides is 1. The van der Waals surface area contributed by atoms with Gasteiger partial charge in [-0.25, -0.2) is 13.1 Å². The average molecular weight is 281 g/mol. The smallest absolute Gasteiger partial charge is 0.240 e. The van der Waals surface area contributed by atoms with Crippen molar-refractivity contribution in [2.24, 2.45) is 0 Å². The zero-order chi connectivity index (χ0) is 14.3. The normalized spacial score (nSPS) is 10.7. The molecule has 1 amide bonds. The number of nitriles is 1. The van der Waals surface area contributed by atoms with Crippen LogP contribution in [0.3, 0.4) is 0 Å². The summed E-state index contributed by atoms with van der Waals surface area (Å²) in [6.45, 7) is 0.0436. The third-order valence-electron chi connectivity index (χ3n) is 2.44. The van der Waals surface area contributed by atoms with Gasteiger partial charge in [0.25, 0.3) is 0 Å². The first-order valence-electron chi connectivity index (χ1n) is 5.65. The molecule has 0 radical (unpaired) electrons. The van der Waals surface area contributed by atoms with Gasteiger partial charge in [-0.2, -0.15) is 5.26 Å². The standard InChI is InChI=1S/C12H15N3O3S/c1-14-12(16)7-9-15-19(17,18)11-4-2-10(3-5-11)6-8-13/h2-5,15H,6-7,9H2,1H3,(H,14,16). The quantitative estimate of drug-likeness (QED) is 0.776. The number of nitrogens with one attached hydrogen (secondary N) is 2. The number of rotatable bonds is 6. The van der Waals surface area contributed by atoms with Crippen LogP contribution in [0.25, 0.3) is 0 Å². The summed E-state index contributed by atoms with van der Waals surface area (Å²) in [4.78, 5) is 11.1. The monoisotopic (exact) mass is 281 g/mol. The second-order valence-electron chi connectivity index (χ2n) is 3.80. The first-order valence-corrected chi connectivity index (χ1v) is 7.14. The predicted octanol–water partition coefficient (Wildman–Crippen LogP) is 0.167. The third-order valence-corrected chi connectivity index (χ3v) is 3.92. The van der Waals surface area contributed by atoms with Crippen LogP contribution in [0.5, 0.6) is 0 Å². The summed E-state index contributed by atoms with van der Waals surface area (Å²) in [7, 11) is -2.12. The molecule has 0 heterocycles. The first-order chi connectivity index (χ1) is 8.99. The maximum absolute atomic E-state index is 11.9. The lowest BCUT2D eigenvalue weighted by atomic mass is 10.2. The maximum Gasteiger partial charge on any atom is 0.240 e. The third kappa shape index (κ3) is 4.69. The van der Waals surface area contributed by atoms with Crippen molar-refractivity contribution in [3.05, 3.63) is 29.8 Å². The highest BCUT2D eigenvalue weighted by molar-refractivity contribution is 7.89. The first kappa shape index (κ1) is 15.1. The van der Waals surface area contributed by atoms with Crippen LogP contribution in [-0.4, -0.2) is 27.9 Å². The van der Waals surface area contributed by atoms with Gasteiger partial charge in [0.2, 0.25) is 15.9 Å². The molecule has 0 aromatic heterocycles. The van der Waals surface area contributed by atoms with Gasteiger partial charge in [0.15, 0.2) is 0 Å². The van der Waals surface area contributed by atoms with Crippen molar-refractivity contribution in [2.75, 3.05) is 13.6 Å². The van der Waals surface area contributed by atoms with Gasteiger partial charge in [0.05, 0.1) is 17.4 Å². The molecular weight excluding hydrogens is 266 g/mol. The molecule has 0 spiro atoms. The molecule has 102 valence electrons. The highest BCUT2D eigenvalue weighted by Gasteiger charge is 2.13. The number of nitrogens with zero attached hydrogens (tertiary/aromatic N) is 1. The molecule has 0 unspecified atom stereocenters. The van der Waals surface area contributed by atoms with E-state index in [0.29, 0.717) is 0 Å². The second-order valence-corrected chi connectivity index (χ2v) is 5.57. The van der Waals surface area contributed by atoms with Crippen LogP contribution in [0, 0.1) is 11.3 Å². The Kier molecular flexibility index (Phi) is 5.48. The van der Waals surface area contributed by atoms with E-state index in [1.54, 1.807) is 12.1 Å². The number of benzene rings is 1. The molecule has 19 heavy (non-hydrogen) atoms. The van der Waals surface area contributed by atoms with Crippen molar-refractivity contribution in [1.29, 1.82) is 5.26 Å². The Balaban J connectivity index is 2.67. The molecule has 0 aliphatic rings. The van der Waals surface area contributed by atoms with Gasteiger partial charge < -0.3 is 5.32 Å². The van der Waals surface area contributed by atoms with E-state index in [0.717, 1.165) is 5.56 Å². The van der Waals surface area contributed by atoms with E-state index in [1.165, 1.54) is 19.2 Å². The summed E-state index contributed by atoms with van der Waals surface area (Å²) in [6, 6.07) is 8.05. The molecule has 0 saturated carbocycles. The summed E-state index contributed by atoms with van der Waals surface area (Å²) in [5.74, 6) is -0.230. The number of amides is 1. The van der Waals surface area contributed by atoms with Gasteiger partial charge in [-0.05, 0) is 17.7 Å². The number of hydrogen-bond donors (Lipinski definition) is 2. The average Bonchev–Trinajstić information content (AvgIpc) is 2.39. The van der Waals surface area contributed by atoms with Crippen LogP contribution in [0.1, 0.15) is 12.0 Å². The molecule has 0 saturated heterocycles. The Morgan fingerprint density at radius 1 is 1.32 bits per heavy atom. The zero-order valence-electron chi connectivity index (χ0n) is 10.5. The van der Waals surface area contributed by atoms with E-state index in [-0.39, 0.29) is 30.2 Å². The van der Waals surface area contributed by atoms with Crippen LogP contribution in [0.2, 0.25) is 0 Å². The molecule has 0 atom stereocenters. The minimum atomic E-state index is -3.61. The van der Waals surface area contributed by atoms with Crippen molar-refractivity contribution in [3.8, 4) is 6.07 Å².